The van der Waals surface area contributed by atoms with Crippen molar-refractivity contribution in [3.05, 3.63) is 131 Å². The molecule has 0 saturated carbocycles. The third-order valence-electron chi connectivity index (χ3n) is 10.3. The van der Waals surface area contributed by atoms with Gasteiger partial charge < -0.3 is 24.6 Å². The molecule has 0 aromatic heterocycles. The van der Waals surface area contributed by atoms with E-state index < -0.39 is 6.04 Å². The fourth-order valence-electron chi connectivity index (χ4n) is 7.95. The summed E-state index contributed by atoms with van der Waals surface area (Å²) in [6, 6.07) is 34.5. The van der Waals surface area contributed by atoms with Crippen LogP contribution in [0.4, 0.5) is 11.4 Å². The minimum absolute atomic E-state index is 0.0283. The number of methoxy groups -OCH3 is 2. The molecule has 4 aromatic rings. The van der Waals surface area contributed by atoms with Crippen LogP contribution in [0.2, 0.25) is 0 Å². The van der Waals surface area contributed by atoms with E-state index >= 15 is 0 Å². The number of hydrogen-bond acceptors (Lipinski definition) is 7. The van der Waals surface area contributed by atoms with E-state index in [0.717, 1.165) is 35.7 Å². The second-order valence-corrected chi connectivity index (χ2v) is 14.3. The van der Waals surface area contributed by atoms with E-state index in [1.54, 1.807) is 14.2 Å². The van der Waals surface area contributed by atoms with Gasteiger partial charge in [-0.2, -0.15) is 0 Å². The molecule has 1 unspecified atom stereocenters. The van der Waals surface area contributed by atoms with Crippen molar-refractivity contribution in [3.8, 4) is 11.5 Å². The lowest BCUT2D eigenvalue weighted by Crippen LogP contribution is -2.52. The molecule has 7 rings (SSSR count). The van der Waals surface area contributed by atoms with Gasteiger partial charge in [0.2, 0.25) is 5.91 Å². The predicted molar refractivity (Wildman–Crippen MR) is 198 cm³/mol. The van der Waals surface area contributed by atoms with E-state index in [1.165, 1.54) is 11.1 Å². The average Bonchev–Trinajstić information content (AvgIpc) is 3.26. The van der Waals surface area contributed by atoms with Gasteiger partial charge >= 0.3 is 0 Å². The Labute approximate surface area is 295 Å². The zero-order valence-electron chi connectivity index (χ0n) is 29.4. The van der Waals surface area contributed by atoms with Gasteiger partial charge in [0.25, 0.3) is 0 Å². The molecule has 2 aliphatic heterocycles. The Morgan fingerprint density at radius 3 is 2.10 bits per heavy atom. The highest BCUT2D eigenvalue weighted by atomic mass is 16.5. The molecule has 1 fully saturated rings. The topological polar surface area (TPSA) is 74.4 Å². The van der Waals surface area contributed by atoms with Crippen LogP contribution in [0.15, 0.2) is 114 Å². The summed E-state index contributed by atoms with van der Waals surface area (Å²) in [6.45, 7) is 7.09. The summed E-state index contributed by atoms with van der Waals surface area (Å²) in [5.41, 5.74) is 6.45. The number of para-hydroxylation sites is 2. The normalized spacial score (nSPS) is 19.0. The highest BCUT2D eigenvalue weighted by Gasteiger charge is 2.43. The first-order valence-electron chi connectivity index (χ1n) is 17.5. The SMILES string of the molecule is COc1ccc(C2C3=C(CC(C)(C)CC3=O)Nc3ccccc3N2CC(=O)N2CCN(C(c3ccccc3)c3ccccc3)CC2)c(OC)c1. The number of piperazine rings is 1. The summed E-state index contributed by atoms with van der Waals surface area (Å²) in [7, 11) is 3.26. The average molecular weight is 671 g/mol. The van der Waals surface area contributed by atoms with Crippen molar-refractivity contribution >= 4 is 23.1 Å². The fraction of sp³-hybridized carbons (Fsp3) is 0.333. The Hall–Kier alpha value is -5.08. The molecule has 2 heterocycles. The Morgan fingerprint density at radius 2 is 1.46 bits per heavy atom. The number of rotatable bonds is 8. The molecule has 1 aliphatic carbocycles. The molecule has 1 amide bonds. The molecule has 50 heavy (non-hydrogen) atoms. The molecule has 8 nitrogen and oxygen atoms in total. The van der Waals surface area contributed by atoms with Gasteiger partial charge in [0.05, 0.1) is 44.2 Å². The lowest BCUT2D eigenvalue weighted by Gasteiger charge is -2.42. The Bertz CT molecular complexity index is 1840. The van der Waals surface area contributed by atoms with Gasteiger partial charge in [0, 0.05) is 55.5 Å². The maximum absolute atomic E-state index is 14.5. The Morgan fingerprint density at radius 1 is 0.820 bits per heavy atom. The number of ether oxygens (including phenoxy) is 2. The smallest absolute Gasteiger partial charge is 0.242 e. The number of nitrogens with one attached hydrogen (secondary N) is 1. The monoisotopic (exact) mass is 670 g/mol. The summed E-state index contributed by atoms with van der Waals surface area (Å²) in [5, 5.41) is 3.66. The molecular formula is C42H46N4O4. The standard InChI is InChI=1S/C42H46N4O4/c1-42(2)26-34-39(36(47)27-42)41(32-20-19-31(49-3)25-37(32)50-4)46(35-18-12-11-17-33(35)43-34)28-38(48)44-21-23-45(24-22-44)40(29-13-7-5-8-14-29)30-15-9-6-10-16-30/h5-20,25,40-41,43H,21-24,26-28H2,1-4H3. The number of amides is 1. The summed E-state index contributed by atoms with van der Waals surface area (Å²) >= 11 is 0. The van der Waals surface area contributed by atoms with Crippen LogP contribution in [-0.2, 0) is 9.59 Å². The van der Waals surface area contributed by atoms with Crippen LogP contribution in [0.25, 0.3) is 0 Å². The molecular weight excluding hydrogens is 624 g/mol. The lowest BCUT2D eigenvalue weighted by atomic mass is 9.73. The molecule has 0 spiro atoms. The van der Waals surface area contributed by atoms with E-state index in [1.807, 2.05) is 59.5 Å². The number of nitrogens with zero attached hydrogens (tertiary/aromatic N) is 3. The van der Waals surface area contributed by atoms with Crippen LogP contribution >= 0.6 is 0 Å². The van der Waals surface area contributed by atoms with Crippen LogP contribution in [0.3, 0.4) is 0 Å². The number of ketones is 1. The predicted octanol–water partition coefficient (Wildman–Crippen LogP) is 7.25. The van der Waals surface area contributed by atoms with E-state index in [9.17, 15) is 9.59 Å². The molecule has 1 N–H and O–H groups in total. The van der Waals surface area contributed by atoms with Crippen molar-refractivity contribution in [2.75, 3.05) is 57.2 Å². The number of carbonyl (C=O) groups is 2. The largest absolute Gasteiger partial charge is 0.497 e. The number of benzene rings is 4. The molecule has 0 bridgehead atoms. The fourth-order valence-corrected chi connectivity index (χ4v) is 7.95. The van der Waals surface area contributed by atoms with Crippen LogP contribution in [-0.4, -0.2) is 68.4 Å². The zero-order chi connectivity index (χ0) is 34.8. The maximum atomic E-state index is 14.5. The number of Topliss-reactive ketones (excluding diaryl/α,β-unsaturated/α-hetero) is 1. The maximum Gasteiger partial charge on any atom is 0.242 e. The summed E-state index contributed by atoms with van der Waals surface area (Å²) < 4.78 is 11.5. The van der Waals surface area contributed by atoms with Gasteiger partial charge in [-0.25, -0.2) is 0 Å². The minimum Gasteiger partial charge on any atom is -0.497 e. The first kappa shape index (κ1) is 33.4. The van der Waals surface area contributed by atoms with Crippen molar-refractivity contribution in [3.63, 3.8) is 0 Å². The molecule has 8 heteroatoms. The summed E-state index contributed by atoms with van der Waals surface area (Å²) in [6.07, 6.45) is 1.14. The lowest BCUT2D eigenvalue weighted by molar-refractivity contribution is -0.131. The quantitative estimate of drug-likeness (QED) is 0.212. The van der Waals surface area contributed by atoms with E-state index in [-0.39, 0.29) is 29.7 Å². The summed E-state index contributed by atoms with van der Waals surface area (Å²) in [4.78, 5) is 35.3. The zero-order valence-corrected chi connectivity index (χ0v) is 29.4. The van der Waals surface area contributed by atoms with Gasteiger partial charge in [-0.1, -0.05) is 86.6 Å². The highest BCUT2D eigenvalue weighted by molar-refractivity contribution is 6.02. The Balaban J connectivity index is 1.22. The van der Waals surface area contributed by atoms with Gasteiger partial charge in [-0.3, -0.25) is 14.5 Å². The second-order valence-electron chi connectivity index (χ2n) is 14.3. The molecule has 1 atom stereocenters. The number of hydrogen-bond donors (Lipinski definition) is 1. The van der Waals surface area contributed by atoms with Crippen molar-refractivity contribution in [1.29, 1.82) is 0 Å². The number of allylic oxidation sites excluding steroid dienone is 1. The first-order valence-corrected chi connectivity index (χ1v) is 17.5. The second kappa shape index (κ2) is 14.0. The molecule has 258 valence electrons. The Kier molecular flexibility index (Phi) is 9.38. The van der Waals surface area contributed by atoms with Crippen molar-refractivity contribution in [2.45, 2.75) is 38.8 Å². The first-order chi connectivity index (χ1) is 24.3. The van der Waals surface area contributed by atoms with Crippen LogP contribution < -0.4 is 19.7 Å². The molecule has 1 saturated heterocycles. The van der Waals surface area contributed by atoms with E-state index in [0.29, 0.717) is 43.0 Å². The molecule has 0 radical (unpaired) electrons. The van der Waals surface area contributed by atoms with Crippen LogP contribution in [0.1, 0.15) is 55.5 Å². The van der Waals surface area contributed by atoms with Gasteiger partial charge in [-0.05, 0) is 47.2 Å². The van der Waals surface area contributed by atoms with E-state index in [2.05, 4.69) is 77.5 Å². The third kappa shape index (κ3) is 6.60. The van der Waals surface area contributed by atoms with Crippen molar-refractivity contribution in [2.24, 2.45) is 5.41 Å². The van der Waals surface area contributed by atoms with Gasteiger partial charge in [0.15, 0.2) is 5.78 Å². The van der Waals surface area contributed by atoms with Crippen LogP contribution in [0.5, 0.6) is 11.5 Å². The number of anilines is 2. The third-order valence-corrected chi connectivity index (χ3v) is 10.3. The molecule has 3 aliphatic rings. The van der Waals surface area contributed by atoms with Gasteiger partial charge in [0.1, 0.15) is 11.5 Å². The van der Waals surface area contributed by atoms with Crippen molar-refractivity contribution < 1.29 is 19.1 Å². The highest BCUT2D eigenvalue weighted by Crippen LogP contribution is 2.50. The molecule has 4 aromatic carbocycles. The number of carbonyl (C=O) groups excluding carboxylic acids is 2. The van der Waals surface area contributed by atoms with Gasteiger partial charge in [-0.15, -0.1) is 0 Å². The van der Waals surface area contributed by atoms with E-state index in [4.69, 9.17) is 9.47 Å². The number of fused-ring (bicyclic) bond motifs is 1. The summed E-state index contributed by atoms with van der Waals surface area (Å²) in [5.74, 6) is 1.38. The van der Waals surface area contributed by atoms with Crippen molar-refractivity contribution in [1.82, 2.24) is 9.80 Å². The minimum atomic E-state index is -0.545. The van der Waals surface area contributed by atoms with Crippen LogP contribution in [0, 0.1) is 5.41 Å².